The molecule has 2 heterocycles. The van der Waals surface area contributed by atoms with Crippen molar-refractivity contribution >= 4 is 23.4 Å². The molecule has 0 aromatic carbocycles. The molecule has 0 atom stereocenters. The van der Waals surface area contributed by atoms with Crippen molar-refractivity contribution in [3.63, 3.8) is 0 Å². The summed E-state index contributed by atoms with van der Waals surface area (Å²) >= 11 is 7.04. The smallest absolute Gasteiger partial charge is 0.322 e. The average Bonchev–Trinajstić information content (AvgIpc) is 2.26. The van der Waals surface area contributed by atoms with Crippen LogP contribution in [0.1, 0.15) is 19.5 Å². The van der Waals surface area contributed by atoms with Gasteiger partial charge in [-0.15, -0.1) is 0 Å². The number of hydrogen-bond donors (Lipinski definition) is 0. The molecule has 0 radical (unpaired) electrons. The van der Waals surface area contributed by atoms with Crippen LogP contribution >= 0.6 is 23.4 Å². The summed E-state index contributed by atoms with van der Waals surface area (Å²) in [6.07, 6.45) is 1.64. The summed E-state index contributed by atoms with van der Waals surface area (Å²) < 4.78 is 5.40. The molecule has 0 aliphatic rings. The molecule has 0 spiro atoms. The van der Waals surface area contributed by atoms with Crippen molar-refractivity contribution in [3.8, 4) is 6.01 Å². The maximum atomic E-state index is 5.83. The zero-order valence-electron chi connectivity index (χ0n) is 10.7. The summed E-state index contributed by atoms with van der Waals surface area (Å²) in [5.74, 6) is 0. The van der Waals surface area contributed by atoms with Crippen LogP contribution in [0.2, 0.25) is 5.28 Å². The van der Waals surface area contributed by atoms with Crippen LogP contribution in [0, 0.1) is 6.92 Å². The Balaban J connectivity index is 2.22. The molecule has 8 heteroatoms. The predicted molar refractivity (Wildman–Crippen MR) is 71.5 cm³/mol. The second kappa shape index (κ2) is 6.12. The number of ether oxygens (including phenoxy) is 1. The van der Waals surface area contributed by atoms with Gasteiger partial charge in [-0.2, -0.15) is 15.0 Å². The highest BCUT2D eigenvalue weighted by Crippen LogP contribution is 2.23. The van der Waals surface area contributed by atoms with Gasteiger partial charge in [0.1, 0.15) is 0 Å². The van der Waals surface area contributed by atoms with Gasteiger partial charge in [0.25, 0.3) is 0 Å². The van der Waals surface area contributed by atoms with Crippen LogP contribution in [-0.4, -0.2) is 31.0 Å². The van der Waals surface area contributed by atoms with Gasteiger partial charge in [0.05, 0.1) is 6.10 Å². The number of aryl methyl sites for hydroxylation is 1. The van der Waals surface area contributed by atoms with Crippen LogP contribution < -0.4 is 4.74 Å². The SMILES string of the molecule is Cc1ccnc(Sc2nc(Cl)nc(OC(C)C)n2)n1. The highest BCUT2D eigenvalue weighted by molar-refractivity contribution is 7.99. The average molecular weight is 298 g/mol. The van der Waals surface area contributed by atoms with E-state index >= 15 is 0 Å². The second-order valence-electron chi connectivity index (χ2n) is 3.92. The Morgan fingerprint density at radius 2 is 1.95 bits per heavy atom. The lowest BCUT2D eigenvalue weighted by Crippen LogP contribution is -2.09. The lowest BCUT2D eigenvalue weighted by molar-refractivity contribution is 0.219. The number of rotatable bonds is 4. The van der Waals surface area contributed by atoms with E-state index < -0.39 is 0 Å². The highest BCUT2D eigenvalue weighted by Gasteiger charge is 2.10. The minimum absolute atomic E-state index is 0.0356. The molecule has 0 N–H and O–H groups in total. The van der Waals surface area contributed by atoms with Crippen molar-refractivity contribution < 1.29 is 4.74 Å². The van der Waals surface area contributed by atoms with E-state index in [1.165, 1.54) is 11.8 Å². The van der Waals surface area contributed by atoms with Crippen molar-refractivity contribution in [2.45, 2.75) is 37.2 Å². The first-order valence-corrected chi connectivity index (χ1v) is 6.78. The van der Waals surface area contributed by atoms with Gasteiger partial charge in [-0.05, 0) is 50.2 Å². The first-order valence-electron chi connectivity index (χ1n) is 5.58. The fourth-order valence-corrected chi connectivity index (χ4v) is 2.11. The van der Waals surface area contributed by atoms with E-state index in [1.807, 2.05) is 26.8 Å². The topological polar surface area (TPSA) is 73.7 Å². The second-order valence-corrected chi connectivity index (χ2v) is 5.19. The molecule has 6 nitrogen and oxygen atoms in total. The molecule has 100 valence electrons. The molecule has 0 saturated carbocycles. The molecular formula is C11H12ClN5OS. The van der Waals surface area contributed by atoms with Crippen LogP contribution in [0.25, 0.3) is 0 Å². The maximum Gasteiger partial charge on any atom is 0.322 e. The fourth-order valence-electron chi connectivity index (χ4n) is 1.18. The zero-order chi connectivity index (χ0) is 13.8. The van der Waals surface area contributed by atoms with Crippen LogP contribution in [0.15, 0.2) is 22.6 Å². The first kappa shape index (κ1) is 14.0. The van der Waals surface area contributed by atoms with Gasteiger partial charge in [0, 0.05) is 11.9 Å². The van der Waals surface area contributed by atoms with Crippen LogP contribution in [0.3, 0.4) is 0 Å². The van der Waals surface area contributed by atoms with E-state index in [2.05, 4.69) is 24.9 Å². The summed E-state index contributed by atoms with van der Waals surface area (Å²) in [6, 6.07) is 2.02. The molecule has 19 heavy (non-hydrogen) atoms. The molecule has 0 aliphatic carbocycles. The number of hydrogen-bond acceptors (Lipinski definition) is 7. The monoisotopic (exact) mass is 297 g/mol. The minimum Gasteiger partial charge on any atom is -0.461 e. The number of aromatic nitrogens is 5. The van der Waals surface area contributed by atoms with Crippen molar-refractivity contribution in [1.29, 1.82) is 0 Å². The van der Waals surface area contributed by atoms with Gasteiger partial charge in [-0.1, -0.05) is 0 Å². The standard InChI is InChI=1S/C11H12ClN5OS/c1-6(2)18-9-15-8(12)16-11(17-9)19-10-13-5-4-7(3)14-10/h4-6H,1-3H3. The van der Waals surface area contributed by atoms with Crippen LogP contribution in [0.5, 0.6) is 6.01 Å². The Hall–Kier alpha value is -1.47. The Morgan fingerprint density at radius 1 is 1.16 bits per heavy atom. The van der Waals surface area contributed by atoms with E-state index in [0.29, 0.717) is 10.3 Å². The molecule has 0 amide bonds. The van der Waals surface area contributed by atoms with E-state index in [-0.39, 0.29) is 17.4 Å². The van der Waals surface area contributed by atoms with Crippen molar-refractivity contribution in [2.75, 3.05) is 0 Å². The Bertz CT molecular complexity index is 581. The molecule has 2 aromatic rings. The van der Waals surface area contributed by atoms with E-state index in [4.69, 9.17) is 16.3 Å². The Morgan fingerprint density at radius 3 is 2.63 bits per heavy atom. The van der Waals surface area contributed by atoms with Gasteiger partial charge in [-0.3, -0.25) is 0 Å². The molecule has 2 aromatic heterocycles. The largest absolute Gasteiger partial charge is 0.461 e. The molecule has 0 aliphatic heterocycles. The molecule has 0 saturated heterocycles. The summed E-state index contributed by atoms with van der Waals surface area (Å²) in [7, 11) is 0. The molecule has 2 rings (SSSR count). The van der Waals surface area contributed by atoms with Gasteiger partial charge < -0.3 is 4.74 Å². The van der Waals surface area contributed by atoms with Crippen molar-refractivity contribution in [2.24, 2.45) is 0 Å². The molecular weight excluding hydrogens is 286 g/mol. The number of halogens is 1. The zero-order valence-corrected chi connectivity index (χ0v) is 12.2. The fraction of sp³-hybridized carbons (Fsp3) is 0.364. The molecule has 0 unspecified atom stereocenters. The number of nitrogens with zero attached hydrogens (tertiary/aromatic N) is 5. The van der Waals surface area contributed by atoms with Crippen LogP contribution in [-0.2, 0) is 0 Å². The third-order valence-electron chi connectivity index (χ3n) is 1.86. The quantitative estimate of drug-likeness (QED) is 0.803. The lowest BCUT2D eigenvalue weighted by atomic mass is 10.5. The lowest BCUT2D eigenvalue weighted by Gasteiger charge is -2.08. The minimum atomic E-state index is -0.0356. The highest BCUT2D eigenvalue weighted by atomic mass is 35.5. The summed E-state index contributed by atoms with van der Waals surface area (Å²) in [5.41, 5.74) is 0.872. The van der Waals surface area contributed by atoms with Gasteiger partial charge in [0.15, 0.2) is 5.16 Å². The Labute approximate surface area is 120 Å². The summed E-state index contributed by atoms with van der Waals surface area (Å²) in [6.45, 7) is 5.65. The molecule has 0 fully saturated rings. The van der Waals surface area contributed by atoms with E-state index in [0.717, 1.165) is 5.69 Å². The van der Waals surface area contributed by atoms with Crippen molar-refractivity contribution in [3.05, 3.63) is 23.2 Å². The van der Waals surface area contributed by atoms with Gasteiger partial charge >= 0.3 is 6.01 Å². The maximum absolute atomic E-state index is 5.83. The van der Waals surface area contributed by atoms with Gasteiger partial charge in [0.2, 0.25) is 10.4 Å². The van der Waals surface area contributed by atoms with E-state index in [1.54, 1.807) is 6.20 Å². The first-order chi connectivity index (χ1) is 9.02. The molecule has 0 bridgehead atoms. The Kier molecular flexibility index (Phi) is 4.49. The third kappa shape index (κ3) is 4.29. The van der Waals surface area contributed by atoms with Crippen molar-refractivity contribution in [1.82, 2.24) is 24.9 Å². The normalized spacial score (nSPS) is 10.8. The predicted octanol–water partition coefficient (Wildman–Crippen LogP) is 2.56. The summed E-state index contributed by atoms with van der Waals surface area (Å²) in [4.78, 5) is 20.4. The van der Waals surface area contributed by atoms with E-state index in [9.17, 15) is 0 Å². The van der Waals surface area contributed by atoms with Gasteiger partial charge in [-0.25, -0.2) is 9.97 Å². The third-order valence-corrected chi connectivity index (χ3v) is 2.78. The van der Waals surface area contributed by atoms with Crippen LogP contribution in [0.4, 0.5) is 0 Å². The summed E-state index contributed by atoms with van der Waals surface area (Å²) in [5, 5.41) is 1.04.